The van der Waals surface area contributed by atoms with Gasteiger partial charge < -0.3 is 5.32 Å². The molecule has 2 atom stereocenters. The maximum Gasteiger partial charge on any atom is 0.251 e. The third-order valence-corrected chi connectivity index (χ3v) is 2.74. The fourth-order valence-corrected chi connectivity index (χ4v) is 1.17. The van der Waals surface area contributed by atoms with Crippen molar-refractivity contribution in [3.05, 3.63) is 35.4 Å². The summed E-state index contributed by atoms with van der Waals surface area (Å²) >= 11 is 5.87. The van der Waals surface area contributed by atoms with Crippen LogP contribution in [0.1, 0.15) is 29.8 Å². The van der Waals surface area contributed by atoms with Gasteiger partial charge in [-0.2, -0.15) is 0 Å². The zero-order chi connectivity index (χ0) is 11.4. The molecule has 0 radical (unpaired) electrons. The molecule has 0 saturated heterocycles. The van der Waals surface area contributed by atoms with Gasteiger partial charge in [0.05, 0.1) is 5.38 Å². The smallest absolute Gasteiger partial charge is 0.251 e. The number of amides is 1. The lowest BCUT2D eigenvalue weighted by molar-refractivity contribution is 0.0940. The number of hydrogen-bond donors (Lipinski definition) is 1. The molecule has 0 bridgehead atoms. The van der Waals surface area contributed by atoms with Crippen LogP contribution in [0.25, 0.3) is 0 Å². The Morgan fingerprint density at radius 2 is 1.80 bits per heavy atom. The van der Waals surface area contributed by atoms with Gasteiger partial charge in [-0.05, 0) is 32.9 Å². The van der Waals surface area contributed by atoms with E-state index < -0.39 is 0 Å². The van der Waals surface area contributed by atoms with Gasteiger partial charge in [-0.3, -0.25) is 4.79 Å². The SMILES string of the molecule is Cc1ccc(C(=O)NC(C)C(C)Cl)cc1. The fourth-order valence-electron chi connectivity index (χ4n) is 1.11. The van der Waals surface area contributed by atoms with E-state index in [4.69, 9.17) is 11.6 Å². The molecule has 0 fully saturated rings. The molecule has 15 heavy (non-hydrogen) atoms. The first-order valence-electron chi connectivity index (χ1n) is 5.02. The summed E-state index contributed by atoms with van der Waals surface area (Å²) in [5.41, 5.74) is 1.81. The molecule has 0 aliphatic heterocycles. The van der Waals surface area contributed by atoms with Gasteiger partial charge in [-0.1, -0.05) is 17.7 Å². The summed E-state index contributed by atoms with van der Waals surface area (Å²) in [6.45, 7) is 5.75. The first kappa shape index (κ1) is 12.1. The minimum Gasteiger partial charge on any atom is -0.348 e. The van der Waals surface area contributed by atoms with Gasteiger partial charge in [-0.25, -0.2) is 0 Å². The summed E-state index contributed by atoms with van der Waals surface area (Å²) in [5, 5.41) is 2.77. The van der Waals surface area contributed by atoms with E-state index in [2.05, 4.69) is 5.32 Å². The van der Waals surface area contributed by atoms with Gasteiger partial charge in [0.25, 0.3) is 5.91 Å². The fraction of sp³-hybridized carbons (Fsp3) is 0.417. The molecule has 0 aliphatic rings. The molecule has 1 N–H and O–H groups in total. The molecule has 2 nitrogen and oxygen atoms in total. The molecule has 1 amide bonds. The first-order valence-corrected chi connectivity index (χ1v) is 5.46. The first-order chi connectivity index (χ1) is 7.00. The number of benzene rings is 1. The van der Waals surface area contributed by atoms with Crippen LogP contribution in [0.5, 0.6) is 0 Å². The Kier molecular flexibility index (Phi) is 4.15. The quantitative estimate of drug-likeness (QED) is 0.788. The molecule has 0 aromatic heterocycles. The monoisotopic (exact) mass is 225 g/mol. The second kappa shape index (κ2) is 5.17. The summed E-state index contributed by atoms with van der Waals surface area (Å²) < 4.78 is 0. The maximum atomic E-state index is 11.7. The average Bonchev–Trinajstić information content (AvgIpc) is 2.18. The standard InChI is InChI=1S/C12H16ClNO/c1-8-4-6-11(7-5-8)12(15)14-10(3)9(2)13/h4-7,9-10H,1-3H3,(H,14,15). The normalized spacial score (nSPS) is 14.4. The van der Waals surface area contributed by atoms with Crippen molar-refractivity contribution in [3.8, 4) is 0 Å². The van der Waals surface area contributed by atoms with Crippen molar-refractivity contribution < 1.29 is 4.79 Å². The van der Waals surface area contributed by atoms with Crippen molar-refractivity contribution in [2.45, 2.75) is 32.2 Å². The van der Waals surface area contributed by atoms with Crippen molar-refractivity contribution in [1.82, 2.24) is 5.32 Å². The van der Waals surface area contributed by atoms with Crippen LogP contribution in [-0.2, 0) is 0 Å². The van der Waals surface area contributed by atoms with E-state index in [0.717, 1.165) is 5.56 Å². The second-order valence-corrected chi connectivity index (χ2v) is 4.49. The number of alkyl halides is 1. The van der Waals surface area contributed by atoms with Gasteiger partial charge in [0, 0.05) is 11.6 Å². The lowest BCUT2D eigenvalue weighted by Crippen LogP contribution is -2.37. The van der Waals surface area contributed by atoms with Crippen molar-refractivity contribution in [2.24, 2.45) is 0 Å². The number of nitrogens with one attached hydrogen (secondary N) is 1. The molecule has 3 heteroatoms. The molecule has 1 aromatic rings. The highest BCUT2D eigenvalue weighted by Gasteiger charge is 2.13. The van der Waals surface area contributed by atoms with E-state index in [1.165, 1.54) is 0 Å². The van der Waals surface area contributed by atoms with E-state index in [9.17, 15) is 4.79 Å². The van der Waals surface area contributed by atoms with Crippen molar-refractivity contribution >= 4 is 17.5 Å². The Hall–Kier alpha value is -1.02. The molecule has 0 heterocycles. The van der Waals surface area contributed by atoms with Crippen LogP contribution in [0.2, 0.25) is 0 Å². The number of carbonyl (C=O) groups is 1. The van der Waals surface area contributed by atoms with Gasteiger partial charge in [0.1, 0.15) is 0 Å². The lowest BCUT2D eigenvalue weighted by Gasteiger charge is -2.15. The van der Waals surface area contributed by atoms with Crippen LogP contribution in [0.4, 0.5) is 0 Å². The Morgan fingerprint density at radius 1 is 1.27 bits per heavy atom. The Labute approximate surface area is 95.6 Å². The molecule has 1 aromatic carbocycles. The van der Waals surface area contributed by atoms with E-state index >= 15 is 0 Å². The van der Waals surface area contributed by atoms with Gasteiger partial charge in [-0.15, -0.1) is 11.6 Å². The zero-order valence-electron chi connectivity index (χ0n) is 9.25. The molecule has 82 valence electrons. The number of aryl methyl sites for hydroxylation is 1. The molecule has 0 spiro atoms. The number of halogens is 1. The third kappa shape index (κ3) is 3.56. The Morgan fingerprint density at radius 3 is 2.27 bits per heavy atom. The highest BCUT2D eigenvalue weighted by atomic mass is 35.5. The highest BCUT2D eigenvalue weighted by Crippen LogP contribution is 2.05. The van der Waals surface area contributed by atoms with Crippen LogP contribution in [0.15, 0.2) is 24.3 Å². The number of carbonyl (C=O) groups excluding carboxylic acids is 1. The predicted molar refractivity (Wildman–Crippen MR) is 63.4 cm³/mol. The molecular formula is C12H16ClNO. The molecule has 0 saturated carbocycles. The van der Waals surface area contributed by atoms with Gasteiger partial charge >= 0.3 is 0 Å². The summed E-state index contributed by atoms with van der Waals surface area (Å²) in [4.78, 5) is 11.7. The van der Waals surface area contributed by atoms with Crippen LogP contribution in [-0.4, -0.2) is 17.3 Å². The number of rotatable bonds is 3. The minimum absolute atomic E-state index is 0.0273. The predicted octanol–water partition coefficient (Wildman–Crippen LogP) is 2.74. The van der Waals surface area contributed by atoms with Crippen LogP contribution < -0.4 is 5.32 Å². The maximum absolute atomic E-state index is 11.7. The van der Waals surface area contributed by atoms with Crippen LogP contribution >= 0.6 is 11.6 Å². The van der Waals surface area contributed by atoms with E-state index in [0.29, 0.717) is 5.56 Å². The van der Waals surface area contributed by atoms with Gasteiger partial charge in [0.15, 0.2) is 0 Å². The van der Waals surface area contributed by atoms with Crippen LogP contribution in [0.3, 0.4) is 0 Å². The molecule has 1 rings (SSSR count). The van der Waals surface area contributed by atoms with E-state index in [-0.39, 0.29) is 17.3 Å². The van der Waals surface area contributed by atoms with Gasteiger partial charge in [0.2, 0.25) is 0 Å². The summed E-state index contributed by atoms with van der Waals surface area (Å²) in [7, 11) is 0. The summed E-state index contributed by atoms with van der Waals surface area (Å²) in [6.07, 6.45) is 0. The molecule has 0 aliphatic carbocycles. The highest BCUT2D eigenvalue weighted by molar-refractivity contribution is 6.21. The van der Waals surface area contributed by atoms with Crippen molar-refractivity contribution in [3.63, 3.8) is 0 Å². The minimum atomic E-state index is -0.0741. The average molecular weight is 226 g/mol. The topological polar surface area (TPSA) is 29.1 Å². The Balaban J connectivity index is 2.65. The van der Waals surface area contributed by atoms with E-state index in [1.807, 2.05) is 45.0 Å². The lowest BCUT2D eigenvalue weighted by atomic mass is 10.1. The Bertz CT molecular complexity index is 332. The van der Waals surface area contributed by atoms with Crippen molar-refractivity contribution in [1.29, 1.82) is 0 Å². The van der Waals surface area contributed by atoms with Crippen molar-refractivity contribution in [2.75, 3.05) is 0 Å². The molecular weight excluding hydrogens is 210 g/mol. The summed E-state index contributed by atoms with van der Waals surface area (Å²) in [6, 6.07) is 7.44. The van der Waals surface area contributed by atoms with E-state index in [1.54, 1.807) is 0 Å². The van der Waals surface area contributed by atoms with Crippen LogP contribution in [0, 0.1) is 6.92 Å². The second-order valence-electron chi connectivity index (χ2n) is 3.81. The number of hydrogen-bond acceptors (Lipinski definition) is 1. The largest absolute Gasteiger partial charge is 0.348 e. The molecule has 2 unspecified atom stereocenters. The zero-order valence-corrected chi connectivity index (χ0v) is 10.0. The summed E-state index contributed by atoms with van der Waals surface area (Å²) in [5.74, 6) is -0.0741. The third-order valence-electron chi connectivity index (χ3n) is 2.36.